The molecular formula is C15H24. The molecule has 0 aromatic rings. The van der Waals surface area contributed by atoms with Gasteiger partial charge in [-0.2, -0.15) is 0 Å². The summed E-state index contributed by atoms with van der Waals surface area (Å²) in [6.07, 6.45) is 7.06. The summed E-state index contributed by atoms with van der Waals surface area (Å²) >= 11 is 0. The van der Waals surface area contributed by atoms with E-state index in [1.807, 2.05) is 0 Å². The van der Waals surface area contributed by atoms with E-state index in [0.717, 1.165) is 29.6 Å². The molecule has 0 bridgehead atoms. The molecule has 0 radical (unpaired) electrons. The Morgan fingerprint density at radius 2 is 1.67 bits per heavy atom. The van der Waals surface area contributed by atoms with Crippen molar-refractivity contribution in [3.8, 4) is 11.8 Å². The molecule has 0 spiro atoms. The first-order valence-electron chi connectivity index (χ1n) is 6.76. The van der Waals surface area contributed by atoms with Gasteiger partial charge >= 0.3 is 0 Å². The Labute approximate surface area is 94.8 Å². The van der Waals surface area contributed by atoms with Gasteiger partial charge in [0.25, 0.3) is 0 Å². The van der Waals surface area contributed by atoms with Crippen LogP contribution in [0.2, 0.25) is 0 Å². The maximum absolute atomic E-state index is 3.29. The number of hydrogen-bond donors (Lipinski definition) is 0. The number of unbranched alkanes of at least 4 members (excludes halogenated alkanes) is 3. The molecule has 0 nitrogen and oxygen atoms in total. The third-order valence-electron chi connectivity index (χ3n) is 4.51. The first kappa shape index (κ1) is 11.1. The fourth-order valence-corrected chi connectivity index (χ4v) is 2.99. The Morgan fingerprint density at radius 1 is 1.00 bits per heavy atom. The third kappa shape index (κ3) is 2.22. The standard InChI is InChI=1S/C15H24/c1-4-5-6-7-8-11(2)12(3)15-13-9-10-14(13)15/h11-15H,4-8H2,1-3H3. The van der Waals surface area contributed by atoms with Crippen molar-refractivity contribution in [2.24, 2.45) is 29.6 Å². The molecule has 84 valence electrons. The zero-order valence-electron chi connectivity index (χ0n) is 10.4. The van der Waals surface area contributed by atoms with E-state index < -0.39 is 0 Å². The number of fused-ring (bicyclic) bond motifs is 1. The first-order valence-corrected chi connectivity index (χ1v) is 6.76. The van der Waals surface area contributed by atoms with E-state index in [4.69, 9.17) is 0 Å². The molecule has 2 aliphatic rings. The van der Waals surface area contributed by atoms with E-state index in [9.17, 15) is 0 Å². The topological polar surface area (TPSA) is 0 Å². The highest BCUT2D eigenvalue weighted by Crippen LogP contribution is 2.56. The molecule has 0 N–H and O–H groups in total. The average molecular weight is 204 g/mol. The fourth-order valence-electron chi connectivity index (χ4n) is 2.99. The summed E-state index contributed by atoms with van der Waals surface area (Å²) in [4.78, 5) is 0. The lowest BCUT2D eigenvalue weighted by Gasteiger charge is -2.19. The SMILES string of the molecule is CCCCCCC(C)C(C)C1C2C#CC21. The minimum Gasteiger partial charge on any atom is -0.0979 e. The molecule has 0 amide bonds. The van der Waals surface area contributed by atoms with Gasteiger partial charge in [0.1, 0.15) is 0 Å². The minimum atomic E-state index is 0.818. The van der Waals surface area contributed by atoms with Gasteiger partial charge in [-0.25, -0.2) is 0 Å². The van der Waals surface area contributed by atoms with Gasteiger partial charge in [0, 0.05) is 11.8 Å². The van der Waals surface area contributed by atoms with Crippen molar-refractivity contribution in [1.82, 2.24) is 0 Å². The highest BCUT2D eigenvalue weighted by Gasteiger charge is 2.55. The van der Waals surface area contributed by atoms with Crippen molar-refractivity contribution in [2.75, 3.05) is 0 Å². The third-order valence-corrected chi connectivity index (χ3v) is 4.51. The van der Waals surface area contributed by atoms with Gasteiger partial charge in [0.05, 0.1) is 0 Å². The van der Waals surface area contributed by atoms with Gasteiger partial charge in [0.15, 0.2) is 0 Å². The maximum atomic E-state index is 3.29. The van der Waals surface area contributed by atoms with Gasteiger partial charge in [0.2, 0.25) is 0 Å². The molecular weight excluding hydrogens is 180 g/mol. The van der Waals surface area contributed by atoms with E-state index in [1.54, 1.807) is 0 Å². The van der Waals surface area contributed by atoms with Crippen LogP contribution >= 0.6 is 0 Å². The van der Waals surface area contributed by atoms with E-state index in [1.165, 1.54) is 32.1 Å². The molecule has 15 heavy (non-hydrogen) atoms. The van der Waals surface area contributed by atoms with E-state index in [2.05, 4.69) is 32.6 Å². The summed E-state index contributed by atoms with van der Waals surface area (Å²) in [7, 11) is 0. The van der Waals surface area contributed by atoms with Crippen molar-refractivity contribution in [3.05, 3.63) is 0 Å². The Balaban J connectivity index is 1.61. The zero-order valence-corrected chi connectivity index (χ0v) is 10.4. The highest BCUT2D eigenvalue weighted by molar-refractivity contribution is 5.37. The molecule has 0 heteroatoms. The van der Waals surface area contributed by atoms with E-state index >= 15 is 0 Å². The second-order valence-electron chi connectivity index (χ2n) is 5.60. The molecule has 4 unspecified atom stereocenters. The van der Waals surface area contributed by atoms with E-state index in [-0.39, 0.29) is 0 Å². The molecule has 0 aliphatic heterocycles. The molecule has 4 atom stereocenters. The zero-order chi connectivity index (χ0) is 10.8. The van der Waals surface area contributed by atoms with Gasteiger partial charge in [-0.15, -0.1) is 0 Å². The van der Waals surface area contributed by atoms with E-state index in [0.29, 0.717) is 0 Å². The van der Waals surface area contributed by atoms with Crippen molar-refractivity contribution >= 4 is 0 Å². The van der Waals surface area contributed by atoms with Gasteiger partial charge in [-0.3, -0.25) is 0 Å². The predicted molar refractivity (Wildman–Crippen MR) is 65.3 cm³/mol. The van der Waals surface area contributed by atoms with Gasteiger partial charge in [-0.1, -0.05) is 64.7 Å². The number of rotatable bonds is 7. The monoisotopic (exact) mass is 204 g/mol. The lowest BCUT2D eigenvalue weighted by Crippen LogP contribution is -2.11. The largest absolute Gasteiger partial charge is 0.0979 e. The van der Waals surface area contributed by atoms with Gasteiger partial charge in [-0.05, 0) is 17.8 Å². The smallest absolute Gasteiger partial charge is 0.0387 e. The van der Waals surface area contributed by atoms with Crippen molar-refractivity contribution < 1.29 is 0 Å². The first-order chi connectivity index (χ1) is 7.25. The van der Waals surface area contributed by atoms with Gasteiger partial charge < -0.3 is 0 Å². The molecule has 1 fully saturated rings. The molecule has 1 saturated carbocycles. The van der Waals surface area contributed by atoms with Crippen molar-refractivity contribution in [1.29, 1.82) is 0 Å². The summed E-state index contributed by atoms with van der Waals surface area (Å²) in [6, 6.07) is 0. The predicted octanol–water partition coefficient (Wildman–Crippen LogP) is 4.11. The molecule has 0 aromatic carbocycles. The van der Waals surface area contributed by atoms with Crippen LogP contribution in [0.3, 0.4) is 0 Å². The van der Waals surface area contributed by atoms with Crippen LogP contribution in [0.25, 0.3) is 0 Å². The Kier molecular flexibility index (Phi) is 3.39. The summed E-state index contributed by atoms with van der Waals surface area (Å²) in [5, 5.41) is 0. The van der Waals surface area contributed by atoms with Crippen LogP contribution in [0.1, 0.15) is 52.9 Å². The van der Waals surface area contributed by atoms with Crippen LogP contribution in [0.5, 0.6) is 0 Å². The lowest BCUT2D eigenvalue weighted by molar-refractivity contribution is 0.308. The van der Waals surface area contributed by atoms with Crippen LogP contribution in [0.4, 0.5) is 0 Å². The van der Waals surface area contributed by atoms with Crippen LogP contribution in [-0.2, 0) is 0 Å². The minimum absolute atomic E-state index is 0.818. The second-order valence-corrected chi connectivity index (χ2v) is 5.60. The molecule has 0 aromatic heterocycles. The van der Waals surface area contributed by atoms with Crippen LogP contribution < -0.4 is 0 Å². The normalized spacial score (nSPS) is 34.5. The molecule has 0 saturated heterocycles. The van der Waals surface area contributed by atoms with Crippen molar-refractivity contribution in [2.45, 2.75) is 52.9 Å². The number of hydrogen-bond acceptors (Lipinski definition) is 0. The quantitative estimate of drug-likeness (QED) is 0.432. The summed E-state index contributed by atoms with van der Waals surface area (Å²) in [6.45, 7) is 7.16. The average Bonchev–Trinajstić information content (AvgIpc) is 2.73. The Hall–Kier alpha value is -0.440. The summed E-state index contributed by atoms with van der Waals surface area (Å²) in [5.74, 6) is 10.9. The maximum Gasteiger partial charge on any atom is 0.0387 e. The van der Waals surface area contributed by atoms with Crippen LogP contribution in [0.15, 0.2) is 0 Å². The Bertz CT molecular complexity index is 253. The fraction of sp³-hybridized carbons (Fsp3) is 0.867. The van der Waals surface area contributed by atoms with Crippen LogP contribution in [-0.4, -0.2) is 0 Å². The molecule has 0 heterocycles. The van der Waals surface area contributed by atoms with Crippen LogP contribution in [0, 0.1) is 41.4 Å². The lowest BCUT2D eigenvalue weighted by atomic mass is 9.86. The molecule has 2 aliphatic carbocycles. The summed E-state index contributed by atoms with van der Waals surface area (Å²) < 4.78 is 0. The Morgan fingerprint density at radius 3 is 2.20 bits per heavy atom. The second kappa shape index (κ2) is 4.60. The van der Waals surface area contributed by atoms with Crippen molar-refractivity contribution in [3.63, 3.8) is 0 Å². The highest BCUT2D eigenvalue weighted by atomic mass is 14.6. The molecule has 2 rings (SSSR count). The summed E-state index contributed by atoms with van der Waals surface area (Å²) in [5.41, 5.74) is 0.